The molecule has 0 heterocycles. The van der Waals surface area contributed by atoms with Crippen LogP contribution in [0.3, 0.4) is 0 Å². The normalized spacial score (nSPS) is 17.1. The quantitative estimate of drug-likeness (QED) is 0.691. The Hall–Kier alpha value is -0.860. The molecule has 0 aromatic heterocycles. The lowest BCUT2D eigenvalue weighted by atomic mass is 10.1. The van der Waals surface area contributed by atoms with Gasteiger partial charge in [-0.2, -0.15) is 0 Å². The van der Waals surface area contributed by atoms with Crippen LogP contribution in [0.1, 0.15) is 32.8 Å². The third kappa shape index (κ3) is 3.05. The average Bonchev–Trinajstić information content (AvgIpc) is 2.30. The van der Waals surface area contributed by atoms with Crippen LogP contribution in [0.2, 0.25) is 0 Å². The van der Waals surface area contributed by atoms with Gasteiger partial charge in [0.2, 0.25) is 0 Å². The summed E-state index contributed by atoms with van der Waals surface area (Å²) in [5.41, 5.74) is 1.05. The summed E-state index contributed by atoms with van der Waals surface area (Å²) in [6, 6.07) is 10.0. The molecule has 0 aliphatic rings. The van der Waals surface area contributed by atoms with Crippen LogP contribution in [0.4, 0.5) is 0 Å². The summed E-state index contributed by atoms with van der Waals surface area (Å²) in [5.74, 6) is -0.642. The molecule has 0 fully saturated rings. The van der Waals surface area contributed by atoms with E-state index < -0.39 is 5.79 Å². The molecule has 0 N–H and O–H groups in total. The van der Waals surface area contributed by atoms with Crippen LogP contribution in [-0.2, 0) is 15.3 Å². The van der Waals surface area contributed by atoms with Crippen molar-refractivity contribution in [3.63, 3.8) is 0 Å². The lowest BCUT2D eigenvalue weighted by molar-refractivity contribution is -0.241. The first-order valence-corrected chi connectivity index (χ1v) is 5.41. The van der Waals surface area contributed by atoms with Gasteiger partial charge < -0.3 is 9.47 Å². The molecule has 1 aromatic carbocycles. The molecule has 2 atom stereocenters. The van der Waals surface area contributed by atoms with Gasteiger partial charge in [-0.15, -0.1) is 0 Å². The molecule has 1 aromatic rings. The van der Waals surface area contributed by atoms with Crippen LogP contribution in [0.15, 0.2) is 30.3 Å². The summed E-state index contributed by atoms with van der Waals surface area (Å²) in [5, 5.41) is 0. The van der Waals surface area contributed by atoms with E-state index >= 15 is 0 Å². The Morgan fingerprint density at radius 3 is 2.33 bits per heavy atom. The van der Waals surface area contributed by atoms with Gasteiger partial charge in [-0.3, -0.25) is 0 Å². The maximum absolute atomic E-state index is 5.90. The highest BCUT2D eigenvalue weighted by Gasteiger charge is 2.28. The van der Waals surface area contributed by atoms with E-state index in [0.717, 1.165) is 12.0 Å². The summed E-state index contributed by atoms with van der Waals surface area (Å²) >= 11 is 0. The zero-order valence-corrected chi connectivity index (χ0v) is 9.99. The number of hydrogen-bond acceptors (Lipinski definition) is 2. The van der Waals surface area contributed by atoms with Crippen LogP contribution in [0, 0.1) is 0 Å². The highest BCUT2D eigenvalue weighted by atomic mass is 16.7. The predicted octanol–water partition coefficient (Wildman–Crippen LogP) is 3.32. The Bertz CT molecular complexity index is 284. The van der Waals surface area contributed by atoms with Gasteiger partial charge in [0.15, 0.2) is 5.79 Å². The Morgan fingerprint density at radius 2 is 1.87 bits per heavy atom. The Labute approximate surface area is 92.2 Å². The van der Waals surface area contributed by atoms with E-state index in [4.69, 9.17) is 9.47 Å². The van der Waals surface area contributed by atoms with Gasteiger partial charge in [0.25, 0.3) is 0 Å². The standard InChI is InChI=1S/C13H20O2/c1-5-11(2)15-13(3,14-4)12-9-7-6-8-10-12/h6-11H,5H2,1-4H3. The molecule has 15 heavy (non-hydrogen) atoms. The molecule has 1 rings (SSSR count). The minimum Gasteiger partial charge on any atom is -0.349 e. The third-order valence-electron chi connectivity index (χ3n) is 2.69. The van der Waals surface area contributed by atoms with Crippen molar-refractivity contribution in [3.8, 4) is 0 Å². The summed E-state index contributed by atoms with van der Waals surface area (Å²) in [6.07, 6.45) is 1.17. The second-order valence-electron chi connectivity index (χ2n) is 3.85. The first kappa shape index (κ1) is 12.2. The number of ether oxygens (including phenoxy) is 2. The second-order valence-corrected chi connectivity index (χ2v) is 3.85. The number of benzene rings is 1. The molecule has 0 spiro atoms. The molecule has 0 saturated heterocycles. The summed E-state index contributed by atoms with van der Waals surface area (Å²) in [7, 11) is 1.68. The van der Waals surface area contributed by atoms with Crippen LogP contribution in [-0.4, -0.2) is 13.2 Å². The minimum absolute atomic E-state index is 0.190. The van der Waals surface area contributed by atoms with Crippen molar-refractivity contribution in [3.05, 3.63) is 35.9 Å². The van der Waals surface area contributed by atoms with Crippen LogP contribution >= 0.6 is 0 Å². The van der Waals surface area contributed by atoms with Crippen molar-refractivity contribution in [2.24, 2.45) is 0 Å². The molecule has 0 saturated carbocycles. The van der Waals surface area contributed by atoms with Crippen molar-refractivity contribution >= 4 is 0 Å². The highest BCUT2D eigenvalue weighted by Crippen LogP contribution is 2.27. The molecular formula is C13H20O2. The van der Waals surface area contributed by atoms with E-state index in [0.29, 0.717) is 0 Å². The van der Waals surface area contributed by atoms with Gasteiger partial charge in [0, 0.05) is 12.7 Å². The average molecular weight is 208 g/mol. The van der Waals surface area contributed by atoms with Crippen LogP contribution < -0.4 is 0 Å². The topological polar surface area (TPSA) is 18.5 Å². The van der Waals surface area contributed by atoms with Gasteiger partial charge >= 0.3 is 0 Å². The largest absolute Gasteiger partial charge is 0.349 e. The lowest BCUT2D eigenvalue weighted by Crippen LogP contribution is -2.31. The molecule has 0 bridgehead atoms. The second kappa shape index (κ2) is 5.29. The third-order valence-corrected chi connectivity index (χ3v) is 2.69. The number of methoxy groups -OCH3 is 1. The van der Waals surface area contributed by atoms with E-state index in [1.807, 2.05) is 37.3 Å². The van der Waals surface area contributed by atoms with Crippen molar-refractivity contribution in [1.82, 2.24) is 0 Å². The first-order valence-electron chi connectivity index (χ1n) is 5.41. The summed E-state index contributed by atoms with van der Waals surface area (Å²) in [4.78, 5) is 0. The lowest BCUT2D eigenvalue weighted by Gasteiger charge is -2.31. The molecule has 0 radical (unpaired) electrons. The summed E-state index contributed by atoms with van der Waals surface area (Å²) in [6.45, 7) is 6.11. The van der Waals surface area contributed by atoms with Gasteiger partial charge in [0.05, 0.1) is 6.10 Å². The maximum Gasteiger partial charge on any atom is 0.191 e. The smallest absolute Gasteiger partial charge is 0.191 e. The Balaban J connectivity index is 2.85. The molecule has 2 unspecified atom stereocenters. The van der Waals surface area contributed by atoms with Crippen molar-refractivity contribution < 1.29 is 9.47 Å². The molecule has 2 heteroatoms. The Kier molecular flexibility index (Phi) is 4.30. The van der Waals surface area contributed by atoms with Crippen molar-refractivity contribution in [2.45, 2.75) is 39.1 Å². The van der Waals surface area contributed by atoms with Gasteiger partial charge in [-0.1, -0.05) is 37.3 Å². The van der Waals surface area contributed by atoms with E-state index in [-0.39, 0.29) is 6.10 Å². The first-order chi connectivity index (χ1) is 7.12. The highest BCUT2D eigenvalue weighted by molar-refractivity contribution is 5.19. The number of rotatable bonds is 5. The summed E-state index contributed by atoms with van der Waals surface area (Å²) < 4.78 is 11.4. The van der Waals surface area contributed by atoms with E-state index in [1.165, 1.54) is 0 Å². The fourth-order valence-corrected chi connectivity index (χ4v) is 1.44. The molecule has 0 aliphatic carbocycles. The fraction of sp³-hybridized carbons (Fsp3) is 0.538. The zero-order chi connectivity index (χ0) is 11.3. The van der Waals surface area contributed by atoms with Gasteiger partial charge in [-0.05, 0) is 20.3 Å². The SMILES string of the molecule is CCC(C)OC(C)(OC)c1ccccc1. The minimum atomic E-state index is -0.642. The molecule has 2 nitrogen and oxygen atoms in total. The molecule has 0 aliphatic heterocycles. The van der Waals surface area contributed by atoms with Crippen LogP contribution in [0.5, 0.6) is 0 Å². The molecule has 0 amide bonds. The van der Waals surface area contributed by atoms with Crippen LogP contribution in [0.25, 0.3) is 0 Å². The van der Waals surface area contributed by atoms with Crippen molar-refractivity contribution in [2.75, 3.05) is 7.11 Å². The predicted molar refractivity (Wildman–Crippen MR) is 61.6 cm³/mol. The zero-order valence-electron chi connectivity index (χ0n) is 9.99. The van der Waals surface area contributed by atoms with Gasteiger partial charge in [-0.25, -0.2) is 0 Å². The number of hydrogen-bond donors (Lipinski definition) is 0. The molecular weight excluding hydrogens is 188 g/mol. The van der Waals surface area contributed by atoms with Gasteiger partial charge in [0.1, 0.15) is 0 Å². The van der Waals surface area contributed by atoms with Crippen molar-refractivity contribution in [1.29, 1.82) is 0 Å². The fourth-order valence-electron chi connectivity index (χ4n) is 1.44. The van der Waals surface area contributed by atoms with E-state index in [2.05, 4.69) is 13.8 Å². The Morgan fingerprint density at radius 1 is 1.27 bits per heavy atom. The van der Waals surface area contributed by atoms with E-state index in [9.17, 15) is 0 Å². The monoisotopic (exact) mass is 208 g/mol. The molecule has 84 valence electrons. The van der Waals surface area contributed by atoms with E-state index in [1.54, 1.807) is 7.11 Å². The maximum atomic E-state index is 5.90.